The van der Waals surface area contributed by atoms with Crippen molar-refractivity contribution in [1.29, 1.82) is 0 Å². The minimum atomic E-state index is -1.38. The van der Waals surface area contributed by atoms with E-state index < -0.39 is 45.2 Å². The zero-order valence-corrected chi connectivity index (χ0v) is 19.7. The van der Waals surface area contributed by atoms with E-state index in [4.69, 9.17) is 9.47 Å². The minimum Gasteiger partial charge on any atom is -0.497 e. The second kappa shape index (κ2) is 9.81. The second-order valence-electron chi connectivity index (χ2n) is 9.61. The Labute approximate surface area is 185 Å². The number of aliphatic hydroxyl groups is 4. The molecule has 1 aliphatic heterocycles. The summed E-state index contributed by atoms with van der Waals surface area (Å²) in [5.74, 6) is 0.873. The van der Waals surface area contributed by atoms with Crippen LogP contribution in [0.3, 0.4) is 0 Å². The van der Waals surface area contributed by atoms with Crippen LogP contribution in [0.4, 0.5) is 0 Å². The lowest BCUT2D eigenvalue weighted by Gasteiger charge is -2.40. The molecule has 0 amide bonds. The van der Waals surface area contributed by atoms with Crippen molar-refractivity contribution in [2.45, 2.75) is 63.5 Å². The summed E-state index contributed by atoms with van der Waals surface area (Å²) in [7, 11) is -1.27. The van der Waals surface area contributed by atoms with Crippen LogP contribution < -0.4 is 4.74 Å². The molecule has 0 saturated carbocycles. The van der Waals surface area contributed by atoms with Crippen molar-refractivity contribution in [2.75, 3.05) is 12.8 Å². The van der Waals surface area contributed by atoms with Crippen molar-refractivity contribution in [1.82, 2.24) is 0 Å². The molecule has 1 aliphatic rings. The van der Waals surface area contributed by atoms with Gasteiger partial charge in [-0.15, -0.1) is 0 Å². The average Bonchev–Trinajstić information content (AvgIpc) is 2.73. The number of rotatable bonds is 7. The molecule has 2 aromatic carbocycles. The van der Waals surface area contributed by atoms with E-state index in [-0.39, 0.29) is 0 Å². The molecular formula is C24H34O6Si. The molecule has 0 aliphatic carbocycles. The smallest absolute Gasteiger partial charge is 0.118 e. The Kier molecular flexibility index (Phi) is 7.57. The van der Waals surface area contributed by atoms with Gasteiger partial charge in [0, 0.05) is 0 Å². The minimum absolute atomic E-state index is 0.438. The van der Waals surface area contributed by atoms with Crippen molar-refractivity contribution in [3.8, 4) is 5.75 Å². The van der Waals surface area contributed by atoms with Gasteiger partial charge in [0.2, 0.25) is 0 Å². The highest BCUT2D eigenvalue weighted by atomic mass is 28.3. The summed E-state index contributed by atoms with van der Waals surface area (Å²) in [6, 6.07) is 13.9. The van der Waals surface area contributed by atoms with Gasteiger partial charge in [0.05, 0.1) is 20.9 Å². The highest BCUT2D eigenvalue weighted by molar-refractivity contribution is 6.76. The van der Waals surface area contributed by atoms with Crippen LogP contribution in [0.25, 0.3) is 0 Å². The van der Waals surface area contributed by atoms with Gasteiger partial charge in [-0.25, -0.2) is 0 Å². The van der Waals surface area contributed by atoms with Crippen molar-refractivity contribution in [3.63, 3.8) is 0 Å². The summed E-state index contributed by atoms with van der Waals surface area (Å²) in [6.07, 6.45) is -4.29. The molecule has 0 aromatic heterocycles. The summed E-state index contributed by atoms with van der Waals surface area (Å²) in [6.45, 7) is 8.40. The summed E-state index contributed by atoms with van der Waals surface area (Å²) in [4.78, 5) is 0. The highest BCUT2D eigenvalue weighted by Gasteiger charge is 2.43. The monoisotopic (exact) mass is 446 g/mol. The standard InChI is InChI=1S/C24H34O6Si/c1-15-5-8-17(24-23(28)22(27)21(26)20(13-25)30-24)12-18(15)11-16-6-9-19(10-7-16)29-14-31(2,3)4/h5-10,12,20-28H,11,13-14H2,1-4H3/t20-,21-,22+,23-,24+/m1/s1. The van der Waals surface area contributed by atoms with Crippen LogP contribution in [0.15, 0.2) is 42.5 Å². The molecule has 31 heavy (non-hydrogen) atoms. The lowest BCUT2D eigenvalue weighted by Crippen LogP contribution is -2.55. The van der Waals surface area contributed by atoms with Gasteiger partial charge in [0.25, 0.3) is 0 Å². The molecule has 1 saturated heterocycles. The number of aliphatic hydroxyl groups excluding tert-OH is 4. The maximum absolute atomic E-state index is 10.4. The predicted octanol–water partition coefficient (Wildman–Crippen LogP) is 2.36. The van der Waals surface area contributed by atoms with Gasteiger partial charge in [-0.2, -0.15) is 0 Å². The first-order valence-electron chi connectivity index (χ1n) is 10.7. The molecule has 5 atom stereocenters. The molecule has 0 radical (unpaired) electrons. The van der Waals surface area contributed by atoms with E-state index in [2.05, 4.69) is 31.8 Å². The first-order chi connectivity index (χ1) is 14.6. The Bertz CT molecular complexity index is 861. The molecule has 1 heterocycles. The van der Waals surface area contributed by atoms with E-state index in [1.807, 2.05) is 37.3 Å². The molecule has 170 valence electrons. The van der Waals surface area contributed by atoms with Gasteiger partial charge in [-0.3, -0.25) is 0 Å². The van der Waals surface area contributed by atoms with Gasteiger partial charge < -0.3 is 29.9 Å². The number of ether oxygens (including phenoxy) is 2. The van der Waals surface area contributed by atoms with E-state index >= 15 is 0 Å². The molecule has 0 unspecified atom stereocenters. The number of hydrogen-bond acceptors (Lipinski definition) is 6. The predicted molar refractivity (Wildman–Crippen MR) is 122 cm³/mol. The van der Waals surface area contributed by atoms with Crippen LogP contribution in [0.1, 0.15) is 28.4 Å². The number of hydrogen-bond donors (Lipinski definition) is 4. The second-order valence-corrected chi connectivity index (χ2v) is 15.0. The topological polar surface area (TPSA) is 99.4 Å². The summed E-state index contributed by atoms with van der Waals surface area (Å²) >= 11 is 0. The lowest BCUT2D eigenvalue weighted by molar-refractivity contribution is -0.231. The van der Waals surface area contributed by atoms with Gasteiger partial charge in [-0.05, 0) is 47.7 Å². The van der Waals surface area contributed by atoms with E-state index in [0.717, 1.165) is 28.7 Å². The van der Waals surface area contributed by atoms with Crippen LogP contribution in [0.5, 0.6) is 5.75 Å². The third kappa shape index (κ3) is 5.94. The average molecular weight is 447 g/mol. The Hall–Kier alpha value is -1.74. The Morgan fingerprint density at radius 1 is 0.935 bits per heavy atom. The normalized spacial score (nSPS) is 26.6. The Morgan fingerprint density at radius 3 is 2.23 bits per heavy atom. The molecule has 3 rings (SSSR count). The van der Waals surface area contributed by atoms with Crippen molar-refractivity contribution in [2.24, 2.45) is 0 Å². The Balaban J connectivity index is 1.75. The lowest BCUT2D eigenvalue weighted by atomic mass is 9.89. The van der Waals surface area contributed by atoms with Crippen LogP contribution in [-0.4, -0.2) is 65.8 Å². The van der Waals surface area contributed by atoms with Crippen molar-refractivity contribution >= 4 is 8.07 Å². The number of aryl methyl sites for hydroxylation is 1. The van der Waals surface area contributed by atoms with E-state index in [0.29, 0.717) is 12.0 Å². The molecule has 0 bridgehead atoms. The van der Waals surface area contributed by atoms with Crippen LogP contribution in [0.2, 0.25) is 19.6 Å². The van der Waals surface area contributed by atoms with Gasteiger partial charge in [0.1, 0.15) is 36.3 Å². The third-order valence-corrected chi connectivity index (χ3v) is 6.59. The summed E-state index contributed by atoms with van der Waals surface area (Å²) < 4.78 is 11.6. The SMILES string of the molecule is Cc1ccc([C@@H]2O[C@H](CO)[C@@H](O)[C@H](O)[C@H]2O)cc1Cc1ccc(OC[Si](C)(C)C)cc1. The molecule has 1 fully saturated rings. The fourth-order valence-electron chi connectivity index (χ4n) is 3.66. The first-order valence-corrected chi connectivity index (χ1v) is 14.4. The fourth-order valence-corrected chi connectivity index (χ4v) is 4.26. The molecule has 6 nitrogen and oxygen atoms in total. The van der Waals surface area contributed by atoms with Crippen LogP contribution in [0, 0.1) is 6.92 Å². The van der Waals surface area contributed by atoms with Gasteiger partial charge in [-0.1, -0.05) is 50.0 Å². The molecule has 4 N–H and O–H groups in total. The zero-order chi connectivity index (χ0) is 22.8. The van der Waals surface area contributed by atoms with Crippen molar-refractivity contribution < 1.29 is 29.9 Å². The van der Waals surface area contributed by atoms with Crippen molar-refractivity contribution in [3.05, 3.63) is 64.7 Å². The van der Waals surface area contributed by atoms with Gasteiger partial charge in [0.15, 0.2) is 0 Å². The van der Waals surface area contributed by atoms with E-state index in [1.54, 1.807) is 0 Å². The maximum atomic E-state index is 10.4. The van der Waals surface area contributed by atoms with Crippen LogP contribution in [-0.2, 0) is 11.2 Å². The fraction of sp³-hybridized carbons (Fsp3) is 0.500. The number of benzene rings is 2. The third-order valence-electron chi connectivity index (χ3n) is 5.58. The van der Waals surface area contributed by atoms with Gasteiger partial charge >= 0.3 is 0 Å². The zero-order valence-electron chi connectivity index (χ0n) is 18.7. The Morgan fingerprint density at radius 2 is 1.61 bits per heavy atom. The van der Waals surface area contributed by atoms with E-state index in [1.165, 1.54) is 0 Å². The highest BCUT2D eigenvalue weighted by Crippen LogP contribution is 2.33. The molecule has 0 spiro atoms. The molecular weight excluding hydrogens is 412 g/mol. The van der Waals surface area contributed by atoms with E-state index in [9.17, 15) is 20.4 Å². The maximum Gasteiger partial charge on any atom is 0.118 e. The molecule has 2 aromatic rings. The summed E-state index contributed by atoms with van der Waals surface area (Å²) in [5.41, 5.74) is 4.01. The van der Waals surface area contributed by atoms with Crippen LogP contribution >= 0.6 is 0 Å². The molecule has 7 heteroatoms. The summed E-state index contributed by atoms with van der Waals surface area (Å²) in [5, 5.41) is 40.0. The quantitative estimate of drug-likeness (QED) is 0.488. The first kappa shape index (κ1) is 23.9. The largest absolute Gasteiger partial charge is 0.497 e.